The van der Waals surface area contributed by atoms with Crippen molar-refractivity contribution in [3.8, 4) is 5.75 Å². The number of hydrogen-bond acceptors (Lipinski definition) is 3. The summed E-state index contributed by atoms with van der Waals surface area (Å²) in [7, 11) is 0. The first kappa shape index (κ1) is 15.2. The Hall–Kier alpha value is -2.18. The molecule has 2 aromatic rings. The minimum absolute atomic E-state index is 0.0523. The Balaban J connectivity index is 2.14. The van der Waals surface area contributed by atoms with E-state index in [2.05, 4.69) is 4.98 Å². The molecule has 0 spiro atoms. The summed E-state index contributed by atoms with van der Waals surface area (Å²) in [6.07, 6.45) is -2.88. The number of aromatic nitrogens is 2. The zero-order valence-electron chi connectivity index (χ0n) is 11.7. The van der Waals surface area contributed by atoms with E-state index in [9.17, 15) is 13.2 Å². The molecule has 1 aromatic carbocycles. The lowest BCUT2D eigenvalue weighted by atomic mass is 10.2. The van der Waals surface area contributed by atoms with E-state index in [0.29, 0.717) is 11.6 Å². The third-order valence-electron chi connectivity index (χ3n) is 2.95. The van der Waals surface area contributed by atoms with Crippen LogP contribution in [0.5, 0.6) is 5.75 Å². The Labute approximate surface area is 120 Å². The van der Waals surface area contributed by atoms with Crippen LogP contribution in [0.4, 0.5) is 19.0 Å². The summed E-state index contributed by atoms with van der Waals surface area (Å²) in [4.78, 5) is 4.11. The minimum Gasteiger partial charge on any atom is -0.486 e. The molecule has 21 heavy (non-hydrogen) atoms. The van der Waals surface area contributed by atoms with Gasteiger partial charge in [-0.1, -0.05) is 6.07 Å². The fraction of sp³-hybridized carbons (Fsp3) is 0.357. The number of nitrogens with zero attached hydrogens (tertiary/aromatic N) is 2. The molecular formula is C14H16F3N3O. The van der Waals surface area contributed by atoms with Crippen LogP contribution in [0.2, 0.25) is 0 Å². The molecule has 0 amide bonds. The molecule has 0 aliphatic rings. The molecule has 0 unspecified atom stereocenters. The maximum absolute atomic E-state index is 12.6. The van der Waals surface area contributed by atoms with Crippen molar-refractivity contribution in [3.63, 3.8) is 0 Å². The van der Waals surface area contributed by atoms with Crippen LogP contribution in [-0.2, 0) is 12.8 Å². The molecule has 0 saturated heterocycles. The quantitative estimate of drug-likeness (QED) is 0.937. The number of nitrogen functional groups attached to an aromatic ring is 1. The van der Waals surface area contributed by atoms with Gasteiger partial charge in [0.05, 0.1) is 11.8 Å². The molecule has 0 saturated carbocycles. The molecule has 0 aliphatic heterocycles. The molecule has 4 nitrogen and oxygen atoms in total. The molecule has 7 heteroatoms. The molecule has 0 radical (unpaired) electrons. The molecule has 0 bridgehead atoms. The fourth-order valence-corrected chi connectivity index (χ4v) is 2.03. The number of halogens is 3. The van der Waals surface area contributed by atoms with Gasteiger partial charge < -0.3 is 15.0 Å². The van der Waals surface area contributed by atoms with E-state index in [-0.39, 0.29) is 18.4 Å². The van der Waals surface area contributed by atoms with Crippen LogP contribution in [0.3, 0.4) is 0 Å². The van der Waals surface area contributed by atoms with Gasteiger partial charge in [-0.2, -0.15) is 13.2 Å². The van der Waals surface area contributed by atoms with Crippen molar-refractivity contribution in [2.24, 2.45) is 0 Å². The maximum atomic E-state index is 12.6. The summed E-state index contributed by atoms with van der Waals surface area (Å²) in [5.74, 6) is 1.20. The van der Waals surface area contributed by atoms with Crippen LogP contribution in [0.25, 0.3) is 0 Å². The van der Waals surface area contributed by atoms with Crippen molar-refractivity contribution in [2.45, 2.75) is 32.7 Å². The van der Waals surface area contributed by atoms with E-state index in [1.165, 1.54) is 18.3 Å². The van der Waals surface area contributed by atoms with E-state index in [1.807, 2.05) is 13.8 Å². The molecule has 1 aromatic heterocycles. The second-order valence-electron chi connectivity index (χ2n) is 4.88. The predicted molar refractivity (Wildman–Crippen MR) is 72.8 cm³/mol. The highest BCUT2D eigenvalue weighted by Gasteiger charge is 2.30. The smallest absolute Gasteiger partial charge is 0.416 e. The zero-order valence-corrected chi connectivity index (χ0v) is 11.7. The van der Waals surface area contributed by atoms with E-state index >= 15 is 0 Å². The molecule has 2 N–H and O–H groups in total. The van der Waals surface area contributed by atoms with Crippen LogP contribution in [0.1, 0.15) is 31.3 Å². The van der Waals surface area contributed by atoms with E-state index < -0.39 is 11.7 Å². The molecule has 0 atom stereocenters. The van der Waals surface area contributed by atoms with Gasteiger partial charge in [-0.25, -0.2) is 4.98 Å². The summed E-state index contributed by atoms with van der Waals surface area (Å²) in [5, 5.41) is 0. The van der Waals surface area contributed by atoms with E-state index in [1.54, 1.807) is 4.57 Å². The van der Waals surface area contributed by atoms with Crippen molar-refractivity contribution >= 4 is 5.82 Å². The summed E-state index contributed by atoms with van der Waals surface area (Å²) in [6, 6.07) is 4.84. The second-order valence-corrected chi connectivity index (χ2v) is 4.88. The third-order valence-corrected chi connectivity index (χ3v) is 2.95. The molecule has 114 valence electrons. The Bertz CT molecular complexity index is 620. The molecule has 0 aliphatic carbocycles. The molecular weight excluding hydrogens is 283 g/mol. The number of benzene rings is 1. The summed E-state index contributed by atoms with van der Waals surface area (Å²) in [5.41, 5.74) is 5.04. The summed E-state index contributed by atoms with van der Waals surface area (Å²) >= 11 is 0. The molecule has 0 fully saturated rings. The highest BCUT2D eigenvalue weighted by molar-refractivity contribution is 5.31. The van der Waals surface area contributed by atoms with Gasteiger partial charge in [-0.15, -0.1) is 0 Å². The SMILES string of the molecule is CC(C)n1c(N)cnc1COc1cccc(C(F)(F)F)c1. The lowest BCUT2D eigenvalue weighted by Crippen LogP contribution is -2.12. The van der Waals surface area contributed by atoms with Crippen LogP contribution < -0.4 is 10.5 Å². The van der Waals surface area contributed by atoms with Crippen molar-refractivity contribution in [2.75, 3.05) is 5.73 Å². The Morgan fingerprint density at radius 1 is 1.33 bits per heavy atom. The molecule has 1 heterocycles. The van der Waals surface area contributed by atoms with E-state index in [4.69, 9.17) is 10.5 Å². The van der Waals surface area contributed by atoms with Gasteiger partial charge in [-0.05, 0) is 32.0 Å². The Morgan fingerprint density at radius 3 is 2.67 bits per heavy atom. The number of anilines is 1. The zero-order chi connectivity index (χ0) is 15.6. The number of rotatable bonds is 4. The number of alkyl halides is 3. The largest absolute Gasteiger partial charge is 0.486 e. The fourth-order valence-electron chi connectivity index (χ4n) is 2.03. The van der Waals surface area contributed by atoms with Crippen molar-refractivity contribution < 1.29 is 17.9 Å². The van der Waals surface area contributed by atoms with Gasteiger partial charge in [0.15, 0.2) is 0 Å². The van der Waals surface area contributed by atoms with E-state index in [0.717, 1.165) is 12.1 Å². The van der Waals surface area contributed by atoms with Crippen LogP contribution in [0.15, 0.2) is 30.5 Å². The normalized spacial score (nSPS) is 11.9. The van der Waals surface area contributed by atoms with Gasteiger partial charge in [-0.3, -0.25) is 0 Å². The van der Waals surface area contributed by atoms with Gasteiger partial charge in [0.2, 0.25) is 0 Å². The maximum Gasteiger partial charge on any atom is 0.416 e. The standard InChI is InChI=1S/C14H16F3N3O/c1-9(2)20-12(18)7-19-13(20)8-21-11-5-3-4-10(6-11)14(15,16)17/h3-7,9H,8,18H2,1-2H3. The first-order chi connectivity index (χ1) is 9.79. The Morgan fingerprint density at radius 2 is 2.05 bits per heavy atom. The summed E-state index contributed by atoms with van der Waals surface area (Å²) in [6.45, 7) is 3.92. The predicted octanol–water partition coefficient (Wildman–Crippen LogP) is 3.64. The average molecular weight is 299 g/mol. The Kier molecular flexibility index (Phi) is 4.11. The van der Waals surface area contributed by atoms with Crippen LogP contribution in [0, 0.1) is 0 Å². The highest BCUT2D eigenvalue weighted by atomic mass is 19.4. The van der Waals surface area contributed by atoms with Gasteiger partial charge >= 0.3 is 6.18 Å². The number of ether oxygens (including phenoxy) is 1. The van der Waals surface area contributed by atoms with Crippen molar-refractivity contribution in [1.29, 1.82) is 0 Å². The van der Waals surface area contributed by atoms with Crippen LogP contribution in [-0.4, -0.2) is 9.55 Å². The van der Waals surface area contributed by atoms with Gasteiger partial charge in [0.25, 0.3) is 0 Å². The molecule has 2 rings (SSSR count). The third kappa shape index (κ3) is 3.48. The van der Waals surface area contributed by atoms with Gasteiger partial charge in [0, 0.05) is 6.04 Å². The second kappa shape index (κ2) is 5.67. The minimum atomic E-state index is -4.39. The number of imidazole rings is 1. The topological polar surface area (TPSA) is 53.1 Å². The average Bonchev–Trinajstić information content (AvgIpc) is 2.77. The first-order valence-electron chi connectivity index (χ1n) is 6.40. The lowest BCUT2D eigenvalue weighted by Gasteiger charge is -2.14. The van der Waals surface area contributed by atoms with Gasteiger partial charge in [0.1, 0.15) is 24.0 Å². The lowest BCUT2D eigenvalue weighted by molar-refractivity contribution is -0.137. The first-order valence-corrected chi connectivity index (χ1v) is 6.40. The van der Waals surface area contributed by atoms with Crippen molar-refractivity contribution in [1.82, 2.24) is 9.55 Å². The monoisotopic (exact) mass is 299 g/mol. The number of nitrogens with two attached hydrogens (primary N) is 1. The van der Waals surface area contributed by atoms with Crippen molar-refractivity contribution in [3.05, 3.63) is 41.9 Å². The highest BCUT2D eigenvalue weighted by Crippen LogP contribution is 2.31. The summed E-state index contributed by atoms with van der Waals surface area (Å²) < 4.78 is 45.0. The van der Waals surface area contributed by atoms with Crippen LogP contribution >= 0.6 is 0 Å². The number of hydrogen-bond donors (Lipinski definition) is 1.